The summed E-state index contributed by atoms with van der Waals surface area (Å²) < 4.78 is 89.2. The maximum atomic E-state index is 14.3. The van der Waals surface area contributed by atoms with Crippen LogP contribution in [0.3, 0.4) is 0 Å². The van der Waals surface area contributed by atoms with E-state index in [-0.39, 0.29) is 23.4 Å². The zero-order valence-corrected chi connectivity index (χ0v) is 14.7. The molecule has 0 radical (unpaired) electrons. The first-order valence-electron chi connectivity index (χ1n) is 7.30. The maximum Gasteiger partial charge on any atom is 0.459 e. The number of ether oxygens (including phenoxy) is 2. The Hall–Kier alpha value is -2.69. The minimum atomic E-state index is -6.00. The van der Waals surface area contributed by atoms with Crippen molar-refractivity contribution in [3.63, 3.8) is 0 Å². The van der Waals surface area contributed by atoms with Crippen LogP contribution < -0.4 is 15.0 Å². The Balaban J connectivity index is 2.71. The minimum Gasteiger partial charge on any atom is -0.488 e. The van der Waals surface area contributed by atoms with Gasteiger partial charge in [-0.25, -0.2) is 8.96 Å². The molecule has 0 unspecified atom stereocenters. The molecule has 5 nitrogen and oxygen atoms in total. The van der Waals surface area contributed by atoms with E-state index in [9.17, 15) is 31.1 Å². The number of halogens is 7. The molecule has 2 aromatic rings. The van der Waals surface area contributed by atoms with Gasteiger partial charge in [-0.15, -0.1) is 0 Å². The van der Waals surface area contributed by atoms with E-state index in [1.165, 1.54) is 6.08 Å². The Morgan fingerprint density at radius 3 is 2.43 bits per heavy atom. The van der Waals surface area contributed by atoms with Gasteiger partial charge in [0.2, 0.25) is 0 Å². The molecule has 1 aromatic heterocycles. The van der Waals surface area contributed by atoms with Crippen LogP contribution in [0, 0.1) is 5.82 Å². The lowest BCUT2D eigenvalue weighted by molar-refractivity contribution is -0.291. The molecule has 1 heterocycles. The van der Waals surface area contributed by atoms with E-state index >= 15 is 0 Å². The molecule has 28 heavy (non-hydrogen) atoms. The SMILES string of the molecule is C=CCOc1cc(-n2c(OC)nc(C(F)(F)C(F)(F)F)cc2=O)c(F)cc1Cl. The largest absolute Gasteiger partial charge is 0.488 e. The average Bonchev–Trinajstić information content (AvgIpc) is 2.60. The quantitative estimate of drug-likeness (QED) is 0.510. The molecule has 0 fully saturated rings. The molecule has 0 saturated heterocycles. The molecule has 2 rings (SSSR count). The zero-order valence-electron chi connectivity index (χ0n) is 14.0. The summed E-state index contributed by atoms with van der Waals surface area (Å²) in [5.41, 5.74) is -3.92. The van der Waals surface area contributed by atoms with Crippen LogP contribution in [0.4, 0.5) is 26.3 Å². The lowest BCUT2D eigenvalue weighted by Gasteiger charge is -2.20. The molecule has 0 atom stereocenters. The molecule has 0 aliphatic heterocycles. The van der Waals surface area contributed by atoms with E-state index in [4.69, 9.17) is 16.3 Å². The van der Waals surface area contributed by atoms with Crippen LogP contribution in [0.5, 0.6) is 11.8 Å². The Morgan fingerprint density at radius 1 is 1.25 bits per heavy atom. The highest BCUT2D eigenvalue weighted by Crippen LogP contribution is 2.43. The number of hydrogen-bond acceptors (Lipinski definition) is 4. The average molecular weight is 429 g/mol. The Morgan fingerprint density at radius 2 is 1.89 bits per heavy atom. The predicted molar refractivity (Wildman–Crippen MR) is 87.0 cm³/mol. The van der Waals surface area contributed by atoms with Gasteiger partial charge in [0.05, 0.1) is 17.8 Å². The fraction of sp³-hybridized carbons (Fsp3) is 0.250. The van der Waals surface area contributed by atoms with Crippen molar-refractivity contribution in [3.05, 3.63) is 57.7 Å². The number of alkyl halides is 5. The Bertz CT molecular complexity index is 959. The topological polar surface area (TPSA) is 53.4 Å². The lowest BCUT2D eigenvalue weighted by Crippen LogP contribution is -2.36. The second-order valence-electron chi connectivity index (χ2n) is 5.21. The molecule has 0 saturated carbocycles. The lowest BCUT2D eigenvalue weighted by atomic mass is 10.2. The van der Waals surface area contributed by atoms with Gasteiger partial charge in [-0.1, -0.05) is 24.3 Å². The number of methoxy groups -OCH3 is 1. The highest BCUT2D eigenvalue weighted by Gasteiger charge is 2.60. The fourth-order valence-corrected chi connectivity index (χ4v) is 2.28. The van der Waals surface area contributed by atoms with Crippen molar-refractivity contribution in [2.75, 3.05) is 13.7 Å². The van der Waals surface area contributed by atoms with Crippen LogP contribution in [0.1, 0.15) is 5.69 Å². The second-order valence-corrected chi connectivity index (χ2v) is 5.61. The van der Waals surface area contributed by atoms with Crippen LogP contribution in [0.25, 0.3) is 5.69 Å². The van der Waals surface area contributed by atoms with E-state index in [0.717, 1.165) is 19.2 Å². The predicted octanol–water partition coefficient (Wildman–Crippen LogP) is 4.25. The first-order valence-corrected chi connectivity index (χ1v) is 7.68. The Kier molecular flexibility index (Phi) is 5.97. The van der Waals surface area contributed by atoms with Gasteiger partial charge in [-0.05, 0) is 6.07 Å². The Labute approximate surface area is 158 Å². The van der Waals surface area contributed by atoms with Crippen molar-refractivity contribution in [2.45, 2.75) is 12.1 Å². The normalized spacial score (nSPS) is 12.0. The number of nitrogens with zero attached hydrogens (tertiary/aromatic N) is 2. The highest BCUT2D eigenvalue weighted by atomic mass is 35.5. The zero-order chi connectivity index (χ0) is 21.3. The molecule has 1 aromatic carbocycles. The van der Waals surface area contributed by atoms with Crippen molar-refractivity contribution < 1.29 is 35.8 Å². The van der Waals surface area contributed by atoms with E-state index in [1.54, 1.807) is 0 Å². The van der Waals surface area contributed by atoms with E-state index in [1.807, 2.05) is 0 Å². The first kappa shape index (κ1) is 21.6. The summed E-state index contributed by atoms with van der Waals surface area (Å²) in [7, 11) is 0.858. The van der Waals surface area contributed by atoms with Crippen molar-refractivity contribution in [2.24, 2.45) is 0 Å². The molecule has 0 aliphatic carbocycles. The van der Waals surface area contributed by atoms with E-state index in [2.05, 4.69) is 16.3 Å². The molecule has 152 valence electrons. The molecule has 12 heteroatoms. The van der Waals surface area contributed by atoms with Gasteiger partial charge < -0.3 is 9.47 Å². The van der Waals surface area contributed by atoms with Crippen LogP contribution in [-0.4, -0.2) is 29.4 Å². The molecular weight excluding hydrogens is 418 g/mol. The third-order valence-corrected chi connectivity index (χ3v) is 3.64. The number of hydrogen-bond donors (Lipinski definition) is 0. The standard InChI is InChI=1S/C16H11ClF6N2O3/c1-3-4-28-11-6-10(9(18)5-8(11)17)25-13(26)7-12(24-14(25)27-2)15(19,20)16(21,22)23/h3,5-7H,1,4H2,2H3. The molecular formula is C16H11ClF6N2O3. The van der Waals surface area contributed by atoms with Gasteiger partial charge in [0.1, 0.15) is 23.9 Å². The first-order chi connectivity index (χ1) is 12.9. The maximum absolute atomic E-state index is 14.3. The van der Waals surface area contributed by atoms with Crippen LogP contribution in [0.2, 0.25) is 5.02 Å². The third-order valence-electron chi connectivity index (χ3n) is 3.35. The fourth-order valence-electron chi connectivity index (χ4n) is 2.07. The smallest absolute Gasteiger partial charge is 0.459 e. The molecule has 0 spiro atoms. The summed E-state index contributed by atoms with van der Waals surface area (Å²) in [6.45, 7) is 3.37. The van der Waals surface area contributed by atoms with Crippen molar-refractivity contribution in [1.29, 1.82) is 0 Å². The summed E-state index contributed by atoms with van der Waals surface area (Å²) in [6, 6.07) is 0.643. The van der Waals surface area contributed by atoms with Gasteiger partial charge in [0.15, 0.2) is 0 Å². The van der Waals surface area contributed by atoms with Crippen molar-refractivity contribution in [1.82, 2.24) is 9.55 Å². The summed E-state index contributed by atoms with van der Waals surface area (Å²) in [5, 5.41) is -0.178. The van der Waals surface area contributed by atoms with Gasteiger partial charge in [-0.2, -0.15) is 26.9 Å². The molecule has 0 bridgehead atoms. The molecule has 0 amide bonds. The van der Waals surface area contributed by atoms with Gasteiger partial charge in [0.25, 0.3) is 5.56 Å². The third kappa shape index (κ3) is 3.93. The van der Waals surface area contributed by atoms with Crippen molar-refractivity contribution in [3.8, 4) is 17.4 Å². The minimum absolute atomic E-state index is 0.0359. The van der Waals surface area contributed by atoms with Crippen molar-refractivity contribution >= 4 is 11.6 Å². The van der Waals surface area contributed by atoms with Crippen LogP contribution >= 0.6 is 11.6 Å². The van der Waals surface area contributed by atoms with Crippen LogP contribution in [-0.2, 0) is 5.92 Å². The summed E-state index contributed by atoms with van der Waals surface area (Å²) in [5.74, 6) is -6.62. The summed E-state index contributed by atoms with van der Waals surface area (Å²) in [4.78, 5) is 15.3. The second kappa shape index (κ2) is 7.74. The van der Waals surface area contributed by atoms with Gasteiger partial charge in [-0.3, -0.25) is 4.79 Å². The van der Waals surface area contributed by atoms with Gasteiger partial charge >= 0.3 is 18.1 Å². The monoisotopic (exact) mass is 428 g/mol. The van der Waals surface area contributed by atoms with Crippen LogP contribution in [0.15, 0.2) is 35.6 Å². The van der Waals surface area contributed by atoms with E-state index < -0.39 is 40.9 Å². The number of rotatable bonds is 6. The van der Waals surface area contributed by atoms with E-state index in [0.29, 0.717) is 4.57 Å². The summed E-state index contributed by atoms with van der Waals surface area (Å²) in [6.07, 6.45) is -4.65. The number of aromatic nitrogens is 2. The highest BCUT2D eigenvalue weighted by molar-refractivity contribution is 6.32. The molecule has 0 aliphatic rings. The number of benzene rings is 1. The van der Waals surface area contributed by atoms with Gasteiger partial charge in [0, 0.05) is 12.1 Å². The summed E-state index contributed by atoms with van der Waals surface area (Å²) >= 11 is 5.82. The molecule has 0 N–H and O–H groups in total.